The lowest BCUT2D eigenvalue weighted by Gasteiger charge is -2.30. The third kappa shape index (κ3) is 5.96. The summed E-state index contributed by atoms with van der Waals surface area (Å²) in [6.45, 7) is 3.45. The summed E-state index contributed by atoms with van der Waals surface area (Å²) < 4.78 is 36.4. The lowest BCUT2D eigenvalue weighted by atomic mass is 9.95. The highest BCUT2D eigenvalue weighted by Gasteiger charge is 2.29. The van der Waals surface area contributed by atoms with Gasteiger partial charge in [-0.1, -0.05) is 12.1 Å². The molecule has 0 bridgehead atoms. The summed E-state index contributed by atoms with van der Waals surface area (Å²) in [5.41, 5.74) is 1.13. The molecule has 0 heterocycles. The molecule has 1 aromatic rings. The Labute approximate surface area is 111 Å². The van der Waals surface area contributed by atoms with Gasteiger partial charge in [-0.05, 0) is 44.4 Å². The summed E-state index contributed by atoms with van der Waals surface area (Å²) in [6, 6.07) is 7.54. The summed E-state index contributed by atoms with van der Waals surface area (Å²) >= 11 is 0. The molecule has 19 heavy (non-hydrogen) atoms. The number of aliphatic hydroxyl groups excluding tert-OH is 1. The van der Waals surface area contributed by atoms with Crippen LogP contribution < -0.4 is 5.32 Å². The summed E-state index contributed by atoms with van der Waals surface area (Å²) in [7, 11) is 0. The first-order chi connectivity index (χ1) is 8.74. The molecule has 0 aliphatic rings. The van der Waals surface area contributed by atoms with Crippen molar-refractivity contribution in [2.45, 2.75) is 44.8 Å². The second-order valence-electron chi connectivity index (χ2n) is 5.18. The van der Waals surface area contributed by atoms with E-state index in [1.165, 1.54) is 0 Å². The summed E-state index contributed by atoms with van der Waals surface area (Å²) in [5, 5.41) is 12.5. The van der Waals surface area contributed by atoms with Crippen LogP contribution in [-0.2, 0) is 0 Å². The van der Waals surface area contributed by atoms with Gasteiger partial charge in [-0.25, -0.2) is 0 Å². The summed E-state index contributed by atoms with van der Waals surface area (Å²) in [5.74, 6) is 0. The van der Waals surface area contributed by atoms with Crippen molar-refractivity contribution in [3.63, 3.8) is 0 Å². The maximum absolute atomic E-state index is 12.1. The van der Waals surface area contributed by atoms with Crippen LogP contribution in [0.3, 0.4) is 0 Å². The fraction of sp³-hybridized carbons (Fsp3) is 0.571. The van der Waals surface area contributed by atoms with Gasteiger partial charge in [0.05, 0.1) is 12.1 Å². The monoisotopic (exact) mass is 275 g/mol. The van der Waals surface area contributed by atoms with E-state index >= 15 is 0 Å². The molecule has 1 atom stereocenters. The molecule has 1 aromatic carbocycles. The first-order valence-electron chi connectivity index (χ1n) is 6.27. The predicted molar refractivity (Wildman–Crippen MR) is 70.2 cm³/mol. The number of hydrogen-bond acceptors (Lipinski definition) is 2. The molecule has 0 aliphatic carbocycles. The van der Waals surface area contributed by atoms with E-state index in [1.54, 1.807) is 6.92 Å². The van der Waals surface area contributed by atoms with E-state index in [2.05, 4.69) is 5.32 Å². The average molecular weight is 275 g/mol. The molecule has 0 saturated heterocycles. The Bertz CT molecular complexity index is 406. The van der Waals surface area contributed by atoms with Crippen molar-refractivity contribution >= 4 is 5.69 Å². The first kappa shape index (κ1) is 15.8. The largest absolute Gasteiger partial charge is 0.394 e. The molecule has 5 heteroatoms. The van der Waals surface area contributed by atoms with Crippen LogP contribution in [0.4, 0.5) is 18.9 Å². The number of benzene rings is 1. The van der Waals surface area contributed by atoms with Crippen molar-refractivity contribution in [1.29, 1.82) is 0 Å². The Hall–Kier alpha value is -1.23. The molecule has 1 unspecified atom stereocenters. The number of rotatable bonds is 6. The topological polar surface area (TPSA) is 32.3 Å². The molecule has 2 nitrogen and oxygen atoms in total. The van der Waals surface area contributed by atoms with Crippen LogP contribution in [0.2, 0.25) is 0 Å². The molecule has 2 N–H and O–H groups in total. The Morgan fingerprint density at radius 3 is 2.42 bits per heavy atom. The van der Waals surface area contributed by atoms with E-state index in [0.717, 1.165) is 11.3 Å². The van der Waals surface area contributed by atoms with Crippen molar-refractivity contribution in [3.05, 3.63) is 29.8 Å². The van der Waals surface area contributed by atoms with Gasteiger partial charge in [0.1, 0.15) is 0 Å². The van der Waals surface area contributed by atoms with Gasteiger partial charge < -0.3 is 10.4 Å². The van der Waals surface area contributed by atoms with Gasteiger partial charge in [-0.15, -0.1) is 0 Å². The van der Waals surface area contributed by atoms with Crippen LogP contribution in [0, 0.1) is 6.92 Å². The minimum absolute atomic E-state index is 0.000619. The number of hydrogen-bond donors (Lipinski definition) is 2. The van der Waals surface area contributed by atoms with Gasteiger partial charge in [0.25, 0.3) is 0 Å². The number of aliphatic hydroxyl groups is 1. The SMILES string of the molecule is Cc1cccc(NC(C)(CO)CCCC(F)(F)F)c1. The molecule has 108 valence electrons. The summed E-state index contributed by atoms with van der Waals surface area (Å²) in [6.07, 6.45) is -4.70. The summed E-state index contributed by atoms with van der Waals surface area (Å²) in [4.78, 5) is 0. The van der Waals surface area contributed by atoms with E-state index in [9.17, 15) is 18.3 Å². The van der Waals surface area contributed by atoms with Crippen molar-refractivity contribution in [2.75, 3.05) is 11.9 Å². The molecule has 1 rings (SSSR count). The van der Waals surface area contributed by atoms with Gasteiger partial charge in [-0.2, -0.15) is 13.2 Å². The molecule has 0 fully saturated rings. The quantitative estimate of drug-likeness (QED) is 0.825. The molecular weight excluding hydrogens is 255 g/mol. The van der Waals surface area contributed by atoms with Gasteiger partial charge in [0.2, 0.25) is 0 Å². The second kappa shape index (κ2) is 6.28. The van der Waals surface area contributed by atoms with Crippen LogP contribution in [0.1, 0.15) is 31.7 Å². The Morgan fingerprint density at radius 2 is 1.89 bits per heavy atom. The van der Waals surface area contributed by atoms with Crippen LogP contribution in [0.15, 0.2) is 24.3 Å². The maximum Gasteiger partial charge on any atom is 0.389 e. The fourth-order valence-corrected chi connectivity index (χ4v) is 1.93. The Kier molecular flexibility index (Phi) is 5.23. The zero-order valence-electron chi connectivity index (χ0n) is 11.2. The number of halogens is 3. The molecular formula is C14H20F3NO. The zero-order chi connectivity index (χ0) is 14.5. The fourth-order valence-electron chi connectivity index (χ4n) is 1.93. The highest BCUT2D eigenvalue weighted by atomic mass is 19.4. The Balaban J connectivity index is 2.60. The van der Waals surface area contributed by atoms with Gasteiger partial charge in [-0.3, -0.25) is 0 Å². The Morgan fingerprint density at radius 1 is 1.21 bits per heavy atom. The number of aryl methyl sites for hydroxylation is 1. The van der Waals surface area contributed by atoms with Crippen LogP contribution in [0.5, 0.6) is 0 Å². The van der Waals surface area contributed by atoms with Crippen LogP contribution >= 0.6 is 0 Å². The highest BCUT2D eigenvalue weighted by Crippen LogP contribution is 2.26. The molecule has 0 spiro atoms. The van der Waals surface area contributed by atoms with E-state index in [1.807, 2.05) is 31.2 Å². The normalized spacial score (nSPS) is 15.1. The van der Waals surface area contributed by atoms with Crippen molar-refractivity contribution < 1.29 is 18.3 Å². The minimum atomic E-state index is -4.14. The van der Waals surface area contributed by atoms with Gasteiger partial charge >= 0.3 is 6.18 Å². The van der Waals surface area contributed by atoms with E-state index in [4.69, 9.17) is 0 Å². The molecule has 0 aliphatic heterocycles. The van der Waals surface area contributed by atoms with Crippen molar-refractivity contribution in [1.82, 2.24) is 0 Å². The molecule has 0 saturated carbocycles. The standard InChI is InChI=1S/C14H20F3NO/c1-11-5-3-6-12(9-11)18-13(2,10-19)7-4-8-14(15,16)17/h3,5-6,9,18-19H,4,7-8,10H2,1-2H3. The average Bonchev–Trinajstić information content (AvgIpc) is 2.27. The van der Waals surface area contributed by atoms with Crippen LogP contribution in [0.25, 0.3) is 0 Å². The zero-order valence-corrected chi connectivity index (χ0v) is 11.2. The highest BCUT2D eigenvalue weighted by molar-refractivity contribution is 5.47. The lowest BCUT2D eigenvalue weighted by Crippen LogP contribution is -2.39. The third-order valence-electron chi connectivity index (χ3n) is 3.00. The van der Waals surface area contributed by atoms with E-state index < -0.39 is 18.1 Å². The van der Waals surface area contributed by atoms with Crippen molar-refractivity contribution in [2.24, 2.45) is 0 Å². The number of nitrogens with one attached hydrogen (secondary N) is 1. The van der Waals surface area contributed by atoms with Crippen LogP contribution in [-0.4, -0.2) is 23.4 Å². The lowest BCUT2D eigenvalue weighted by molar-refractivity contribution is -0.136. The third-order valence-corrected chi connectivity index (χ3v) is 3.00. The number of alkyl halides is 3. The second-order valence-corrected chi connectivity index (χ2v) is 5.18. The maximum atomic E-state index is 12.1. The molecule has 0 radical (unpaired) electrons. The first-order valence-corrected chi connectivity index (χ1v) is 6.27. The molecule has 0 amide bonds. The molecule has 0 aromatic heterocycles. The predicted octanol–water partition coefficient (Wildman–Crippen LogP) is 3.89. The van der Waals surface area contributed by atoms with Crippen molar-refractivity contribution in [3.8, 4) is 0 Å². The minimum Gasteiger partial charge on any atom is -0.394 e. The van der Waals surface area contributed by atoms with Gasteiger partial charge in [0.15, 0.2) is 0 Å². The smallest absolute Gasteiger partial charge is 0.389 e. The number of anilines is 1. The van der Waals surface area contributed by atoms with Gasteiger partial charge in [0, 0.05) is 12.1 Å². The van der Waals surface area contributed by atoms with E-state index in [0.29, 0.717) is 0 Å². The van der Waals surface area contributed by atoms with E-state index in [-0.39, 0.29) is 19.4 Å².